The Kier molecular flexibility index (Phi) is 5.40. The monoisotopic (exact) mass is 333 g/mol. The summed E-state index contributed by atoms with van der Waals surface area (Å²) < 4.78 is 27.2. The van der Waals surface area contributed by atoms with Crippen LogP contribution in [0.5, 0.6) is 0 Å². The Morgan fingerprint density at radius 1 is 1.39 bits per heavy atom. The van der Waals surface area contributed by atoms with Gasteiger partial charge in [0.2, 0.25) is 5.28 Å². The summed E-state index contributed by atoms with van der Waals surface area (Å²) in [5, 5.41) is 8.67. The predicted molar refractivity (Wildman–Crippen MR) is 83.5 cm³/mol. The average molecular weight is 334 g/mol. The van der Waals surface area contributed by atoms with E-state index in [0.29, 0.717) is 24.6 Å². The van der Waals surface area contributed by atoms with Gasteiger partial charge in [0.25, 0.3) is 6.71 Å². The van der Waals surface area contributed by atoms with Crippen LogP contribution in [-0.2, 0) is 6.42 Å². The summed E-state index contributed by atoms with van der Waals surface area (Å²) in [6.07, 6.45) is 1.25. The molecule has 4 nitrogen and oxygen atoms in total. The third-order valence-electron chi connectivity index (χ3n) is 3.36. The number of rotatable bonds is 5. The van der Waals surface area contributed by atoms with E-state index in [4.69, 9.17) is 16.9 Å². The Balaban J connectivity index is 2.58. The van der Waals surface area contributed by atoms with Crippen molar-refractivity contribution in [1.29, 1.82) is 5.26 Å². The molecule has 0 unspecified atom stereocenters. The van der Waals surface area contributed by atoms with Gasteiger partial charge >= 0.3 is 0 Å². The molecular formula is C15H11BClF2N3O. The standard InChI is InChI=1S/C15H11BClF2N3O/c1-16(8-20)5-4-11-13(7-23)21-15(17)22-14(11)10-3-2-9(18)6-12(10)19/h2-3,6-7H,4-5H2,1H3. The van der Waals surface area contributed by atoms with Crippen LogP contribution in [0, 0.1) is 22.9 Å². The maximum atomic E-state index is 14.1. The van der Waals surface area contributed by atoms with E-state index in [1.807, 2.05) is 0 Å². The van der Waals surface area contributed by atoms with E-state index in [9.17, 15) is 13.6 Å². The van der Waals surface area contributed by atoms with Crippen LogP contribution in [0.25, 0.3) is 11.3 Å². The molecule has 0 saturated carbocycles. The Morgan fingerprint density at radius 3 is 2.74 bits per heavy atom. The molecule has 0 aliphatic carbocycles. The summed E-state index contributed by atoms with van der Waals surface area (Å²) in [5.74, 6) is 0.549. The molecule has 2 rings (SSSR count). The van der Waals surface area contributed by atoms with Gasteiger partial charge in [-0.1, -0.05) is 13.1 Å². The van der Waals surface area contributed by atoms with Gasteiger partial charge in [0.15, 0.2) is 6.29 Å². The van der Waals surface area contributed by atoms with E-state index in [1.165, 1.54) is 6.07 Å². The predicted octanol–water partition coefficient (Wildman–Crippen LogP) is 3.62. The van der Waals surface area contributed by atoms with Crippen LogP contribution in [-0.4, -0.2) is 23.0 Å². The highest BCUT2D eigenvalue weighted by molar-refractivity contribution is 6.65. The fourth-order valence-electron chi connectivity index (χ4n) is 2.15. The van der Waals surface area contributed by atoms with Crippen LogP contribution in [0.4, 0.5) is 8.78 Å². The van der Waals surface area contributed by atoms with Gasteiger partial charge in [-0.25, -0.2) is 24.0 Å². The second kappa shape index (κ2) is 7.29. The number of aromatic nitrogens is 2. The molecule has 0 spiro atoms. The lowest BCUT2D eigenvalue weighted by molar-refractivity contribution is 0.111. The van der Waals surface area contributed by atoms with Crippen molar-refractivity contribution in [1.82, 2.24) is 9.97 Å². The number of halogens is 3. The first kappa shape index (κ1) is 17.0. The largest absolute Gasteiger partial charge is 0.296 e. The van der Waals surface area contributed by atoms with Crippen molar-refractivity contribution in [2.24, 2.45) is 0 Å². The number of hydrogen-bond donors (Lipinski definition) is 0. The van der Waals surface area contributed by atoms with Gasteiger partial charge in [-0.3, -0.25) is 4.79 Å². The quantitative estimate of drug-likeness (QED) is 0.476. The van der Waals surface area contributed by atoms with Crippen LogP contribution in [0.3, 0.4) is 0 Å². The minimum atomic E-state index is -0.814. The molecule has 0 fully saturated rings. The number of benzene rings is 1. The van der Waals surface area contributed by atoms with Gasteiger partial charge in [-0.05, 0) is 30.2 Å². The highest BCUT2D eigenvalue weighted by atomic mass is 35.5. The van der Waals surface area contributed by atoms with E-state index in [2.05, 4.69) is 15.9 Å². The normalized spacial score (nSPS) is 10.2. The number of nitriles is 1. The fraction of sp³-hybridized carbons (Fsp3) is 0.200. The molecule has 0 amide bonds. The maximum absolute atomic E-state index is 14.1. The van der Waals surface area contributed by atoms with Crippen molar-refractivity contribution in [3.63, 3.8) is 0 Å². The first-order valence-corrected chi connectivity index (χ1v) is 7.20. The highest BCUT2D eigenvalue weighted by Crippen LogP contribution is 2.28. The first-order chi connectivity index (χ1) is 11.0. The van der Waals surface area contributed by atoms with Crippen molar-refractivity contribution in [3.05, 3.63) is 46.4 Å². The van der Waals surface area contributed by atoms with Crippen molar-refractivity contribution < 1.29 is 13.6 Å². The lowest BCUT2D eigenvalue weighted by atomic mass is 9.50. The zero-order valence-corrected chi connectivity index (χ0v) is 12.9. The van der Waals surface area contributed by atoms with Crippen LogP contribution >= 0.6 is 11.6 Å². The minimum Gasteiger partial charge on any atom is -0.296 e. The molecule has 0 N–H and O–H groups in total. The number of carbonyl (C=O) groups is 1. The van der Waals surface area contributed by atoms with Crippen LogP contribution in [0.15, 0.2) is 18.2 Å². The zero-order valence-electron chi connectivity index (χ0n) is 12.2. The fourth-order valence-corrected chi connectivity index (χ4v) is 2.32. The summed E-state index contributed by atoms with van der Waals surface area (Å²) in [7, 11) is 0. The van der Waals surface area contributed by atoms with Gasteiger partial charge in [0.05, 0.1) is 5.69 Å². The SMILES string of the molecule is CB(C#N)CCc1c(C=O)nc(Cl)nc1-c1ccc(F)cc1F. The number of aldehydes is 1. The summed E-state index contributed by atoms with van der Waals surface area (Å²) in [6, 6.07) is 3.06. The summed E-state index contributed by atoms with van der Waals surface area (Å²) in [6.45, 7) is 1.48. The molecule has 0 aliphatic heterocycles. The highest BCUT2D eigenvalue weighted by Gasteiger charge is 2.19. The van der Waals surface area contributed by atoms with E-state index in [1.54, 1.807) is 6.82 Å². The molecule has 1 aromatic heterocycles. The number of nitrogens with zero attached hydrogens (tertiary/aromatic N) is 3. The number of hydrogen-bond acceptors (Lipinski definition) is 4. The van der Waals surface area contributed by atoms with E-state index in [-0.39, 0.29) is 28.9 Å². The Hall–Kier alpha value is -2.33. The Labute approximate surface area is 137 Å². The zero-order chi connectivity index (χ0) is 17.0. The van der Waals surface area contributed by atoms with Crippen molar-refractivity contribution in [3.8, 4) is 17.2 Å². The lowest BCUT2D eigenvalue weighted by Gasteiger charge is -2.12. The molecular weight excluding hydrogens is 322 g/mol. The van der Waals surface area contributed by atoms with Gasteiger partial charge < -0.3 is 0 Å². The van der Waals surface area contributed by atoms with Gasteiger partial charge in [-0.2, -0.15) is 0 Å². The summed E-state index contributed by atoms with van der Waals surface area (Å²) in [4.78, 5) is 19.1. The molecule has 0 saturated heterocycles. The lowest BCUT2D eigenvalue weighted by Crippen LogP contribution is -2.10. The molecule has 0 atom stereocenters. The number of carbonyl (C=O) groups excluding carboxylic acids is 1. The first-order valence-electron chi connectivity index (χ1n) is 6.83. The molecule has 8 heteroatoms. The summed E-state index contributed by atoms with van der Waals surface area (Å²) >= 11 is 5.79. The van der Waals surface area contributed by atoms with E-state index >= 15 is 0 Å². The Morgan fingerprint density at radius 2 is 2.13 bits per heavy atom. The molecule has 0 aliphatic rings. The van der Waals surface area contributed by atoms with Gasteiger partial charge in [-0.15, -0.1) is 0 Å². The molecule has 0 radical (unpaired) electrons. The van der Waals surface area contributed by atoms with Crippen molar-refractivity contribution in [2.75, 3.05) is 0 Å². The third-order valence-corrected chi connectivity index (χ3v) is 3.53. The average Bonchev–Trinajstić information content (AvgIpc) is 2.52. The Bertz CT molecular complexity index is 795. The minimum absolute atomic E-state index is 0.0263. The second-order valence-corrected chi connectivity index (χ2v) is 5.35. The molecule has 1 heterocycles. The van der Waals surface area contributed by atoms with E-state index < -0.39 is 11.6 Å². The maximum Gasteiger partial charge on any atom is 0.265 e. The third kappa shape index (κ3) is 3.90. The van der Waals surface area contributed by atoms with Crippen LogP contribution in [0.1, 0.15) is 16.1 Å². The van der Waals surface area contributed by atoms with Crippen molar-refractivity contribution in [2.45, 2.75) is 19.6 Å². The molecule has 116 valence electrons. The second-order valence-electron chi connectivity index (χ2n) is 5.02. The van der Waals surface area contributed by atoms with E-state index in [0.717, 1.165) is 12.1 Å². The topological polar surface area (TPSA) is 66.6 Å². The van der Waals surface area contributed by atoms with Crippen LogP contribution < -0.4 is 0 Å². The molecule has 2 aromatic rings. The van der Waals surface area contributed by atoms with Crippen LogP contribution in [0.2, 0.25) is 18.4 Å². The van der Waals surface area contributed by atoms with Crippen molar-refractivity contribution >= 4 is 24.6 Å². The summed E-state index contributed by atoms with van der Waals surface area (Å²) in [5.41, 5.74) is 0.582. The smallest absolute Gasteiger partial charge is 0.265 e. The molecule has 1 aromatic carbocycles. The van der Waals surface area contributed by atoms with Gasteiger partial charge in [0, 0.05) is 23.2 Å². The molecule has 0 bridgehead atoms. The molecule has 23 heavy (non-hydrogen) atoms. The van der Waals surface area contributed by atoms with Gasteiger partial charge in [0.1, 0.15) is 17.3 Å².